The summed E-state index contributed by atoms with van der Waals surface area (Å²) in [6.45, 7) is -0.135. The Kier molecular flexibility index (Phi) is 4.66. The van der Waals surface area contributed by atoms with Gasteiger partial charge in [-0.15, -0.1) is 11.3 Å². The molecule has 0 aliphatic heterocycles. The summed E-state index contributed by atoms with van der Waals surface area (Å²) in [7, 11) is 0. The van der Waals surface area contributed by atoms with Gasteiger partial charge in [-0.25, -0.2) is 9.37 Å². The van der Waals surface area contributed by atoms with E-state index in [0.29, 0.717) is 10.7 Å². The van der Waals surface area contributed by atoms with Crippen LogP contribution in [0.2, 0.25) is 0 Å². The van der Waals surface area contributed by atoms with Gasteiger partial charge in [-0.05, 0) is 18.2 Å². The van der Waals surface area contributed by atoms with Crippen LogP contribution in [-0.2, 0) is 6.61 Å². The van der Waals surface area contributed by atoms with Gasteiger partial charge in [0.05, 0.1) is 0 Å². The summed E-state index contributed by atoms with van der Waals surface area (Å²) in [5.74, 6) is -1.01. The fourth-order valence-corrected chi connectivity index (χ4v) is 2.48. The molecule has 3 rings (SSSR count). The Morgan fingerprint density at radius 2 is 2.12 bits per heavy atom. The van der Waals surface area contributed by atoms with E-state index in [4.69, 9.17) is 4.84 Å². The number of thiazole rings is 1. The predicted octanol–water partition coefficient (Wildman–Crippen LogP) is 2.33. The van der Waals surface area contributed by atoms with Crippen LogP contribution in [0.1, 0.15) is 15.9 Å². The summed E-state index contributed by atoms with van der Waals surface area (Å²) in [5.41, 5.74) is -0.425. The standard InChI is InChI=1S/C16H12FN3O3S/c17-13-6-2-1-4-11(13)10-23-20-8-3-5-12(15(20)22)14(21)19-16-18-7-9-24-16/h1-9H,10H2,(H,18,19,21). The van der Waals surface area contributed by atoms with Crippen LogP contribution in [0.15, 0.2) is 59.0 Å². The Bertz CT molecular complexity index is 909. The van der Waals surface area contributed by atoms with Crippen molar-refractivity contribution in [2.75, 3.05) is 5.32 Å². The molecule has 1 aromatic carbocycles. The first-order chi connectivity index (χ1) is 11.6. The molecule has 1 N–H and O–H groups in total. The van der Waals surface area contributed by atoms with E-state index in [9.17, 15) is 14.0 Å². The number of amides is 1. The molecule has 0 spiro atoms. The molecule has 1 amide bonds. The van der Waals surface area contributed by atoms with Gasteiger partial charge in [-0.1, -0.05) is 18.2 Å². The zero-order chi connectivity index (χ0) is 16.9. The van der Waals surface area contributed by atoms with Gasteiger partial charge in [-0.3, -0.25) is 14.9 Å². The lowest BCUT2D eigenvalue weighted by molar-refractivity contribution is 0.0847. The van der Waals surface area contributed by atoms with E-state index in [-0.39, 0.29) is 12.2 Å². The van der Waals surface area contributed by atoms with Crippen LogP contribution in [0.5, 0.6) is 0 Å². The van der Waals surface area contributed by atoms with Crippen molar-refractivity contribution in [2.45, 2.75) is 6.61 Å². The molecule has 6 nitrogen and oxygen atoms in total. The van der Waals surface area contributed by atoms with Gasteiger partial charge < -0.3 is 4.84 Å². The van der Waals surface area contributed by atoms with Crippen LogP contribution in [-0.4, -0.2) is 15.6 Å². The highest BCUT2D eigenvalue weighted by atomic mass is 32.1. The molecule has 24 heavy (non-hydrogen) atoms. The van der Waals surface area contributed by atoms with Crippen molar-refractivity contribution in [1.29, 1.82) is 0 Å². The molecule has 2 aromatic heterocycles. The molecule has 3 aromatic rings. The molecule has 0 saturated heterocycles. The highest BCUT2D eigenvalue weighted by Gasteiger charge is 2.14. The van der Waals surface area contributed by atoms with Crippen molar-refractivity contribution >= 4 is 22.4 Å². The van der Waals surface area contributed by atoms with E-state index < -0.39 is 17.3 Å². The maximum Gasteiger partial charge on any atom is 0.295 e. The van der Waals surface area contributed by atoms with Crippen molar-refractivity contribution < 1.29 is 14.0 Å². The lowest BCUT2D eigenvalue weighted by atomic mass is 10.2. The van der Waals surface area contributed by atoms with Gasteiger partial charge in [0.25, 0.3) is 11.5 Å². The molecular formula is C16H12FN3O3S. The summed E-state index contributed by atoms with van der Waals surface area (Å²) >= 11 is 1.24. The molecule has 2 heterocycles. The van der Waals surface area contributed by atoms with E-state index in [0.717, 1.165) is 4.73 Å². The van der Waals surface area contributed by atoms with E-state index >= 15 is 0 Å². The molecule has 0 radical (unpaired) electrons. The van der Waals surface area contributed by atoms with Gasteiger partial charge in [0.15, 0.2) is 5.13 Å². The van der Waals surface area contributed by atoms with Gasteiger partial charge in [0, 0.05) is 23.3 Å². The third-order valence-electron chi connectivity index (χ3n) is 3.13. The van der Waals surface area contributed by atoms with Crippen LogP contribution in [0.3, 0.4) is 0 Å². The van der Waals surface area contributed by atoms with Crippen LogP contribution in [0, 0.1) is 5.82 Å². The summed E-state index contributed by atoms with van der Waals surface area (Å²) in [4.78, 5) is 33.7. The highest BCUT2D eigenvalue weighted by molar-refractivity contribution is 7.13. The second-order valence-electron chi connectivity index (χ2n) is 4.71. The van der Waals surface area contributed by atoms with Gasteiger partial charge in [0.1, 0.15) is 18.0 Å². The Labute approximate surface area is 140 Å². The van der Waals surface area contributed by atoms with E-state index in [1.54, 1.807) is 29.8 Å². The lowest BCUT2D eigenvalue weighted by Crippen LogP contribution is -2.32. The number of carbonyl (C=O) groups excluding carboxylic acids is 1. The second-order valence-corrected chi connectivity index (χ2v) is 5.60. The first-order valence-corrected chi connectivity index (χ1v) is 7.82. The van der Waals surface area contributed by atoms with Crippen molar-refractivity contribution in [3.05, 3.63) is 81.5 Å². The lowest BCUT2D eigenvalue weighted by Gasteiger charge is -2.10. The number of hydrogen-bond acceptors (Lipinski definition) is 5. The third-order valence-corrected chi connectivity index (χ3v) is 3.82. The molecule has 0 aliphatic carbocycles. The molecule has 0 unspecified atom stereocenters. The number of aromatic nitrogens is 2. The minimum Gasteiger partial charge on any atom is -0.406 e. The maximum absolute atomic E-state index is 13.6. The molecule has 0 fully saturated rings. The van der Waals surface area contributed by atoms with Crippen LogP contribution in [0.4, 0.5) is 9.52 Å². The summed E-state index contributed by atoms with van der Waals surface area (Å²) in [6, 6.07) is 8.98. The highest BCUT2D eigenvalue weighted by Crippen LogP contribution is 2.11. The Morgan fingerprint density at radius 1 is 1.29 bits per heavy atom. The zero-order valence-corrected chi connectivity index (χ0v) is 13.1. The molecule has 0 saturated carbocycles. The van der Waals surface area contributed by atoms with Crippen molar-refractivity contribution in [3.8, 4) is 0 Å². The number of benzene rings is 1. The van der Waals surface area contributed by atoms with Crippen LogP contribution < -0.4 is 15.7 Å². The van der Waals surface area contributed by atoms with E-state index in [1.807, 2.05) is 0 Å². The monoisotopic (exact) mass is 345 g/mol. The summed E-state index contributed by atoms with van der Waals surface area (Å²) < 4.78 is 14.5. The average Bonchev–Trinajstić information content (AvgIpc) is 3.08. The van der Waals surface area contributed by atoms with E-state index in [1.165, 1.54) is 35.7 Å². The molecule has 0 atom stereocenters. The number of halogens is 1. The Hall–Kier alpha value is -3.00. The van der Waals surface area contributed by atoms with Crippen molar-refractivity contribution in [1.82, 2.24) is 9.71 Å². The molecule has 0 bridgehead atoms. The van der Waals surface area contributed by atoms with Gasteiger partial charge in [0.2, 0.25) is 0 Å². The normalized spacial score (nSPS) is 10.4. The number of rotatable bonds is 5. The van der Waals surface area contributed by atoms with Crippen LogP contribution >= 0.6 is 11.3 Å². The molecule has 122 valence electrons. The smallest absolute Gasteiger partial charge is 0.295 e. The van der Waals surface area contributed by atoms with Gasteiger partial charge in [-0.2, -0.15) is 4.73 Å². The number of pyridine rings is 1. The largest absolute Gasteiger partial charge is 0.406 e. The molecule has 8 heteroatoms. The SMILES string of the molecule is O=C(Nc1nccs1)c1cccn(OCc2ccccc2F)c1=O. The number of nitrogens with one attached hydrogen (secondary N) is 1. The average molecular weight is 345 g/mol. The third kappa shape index (κ3) is 3.49. The number of carbonyl (C=O) groups is 1. The quantitative estimate of drug-likeness (QED) is 0.770. The molecular weight excluding hydrogens is 333 g/mol. The summed E-state index contributed by atoms with van der Waals surface area (Å²) in [5, 5.41) is 4.62. The first kappa shape index (κ1) is 15.9. The number of anilines is 1. The summed E-state index contributed by atoms with van der Waals surface area (Å²) in [6.07, 6.45) is 2.91. The second kappa shape index (κ2) is 7.05. The minimum atomic E-state index is -0.636. The van der Waals surface area contributed by atoms with Gasteiger partial charge >= 0.3 is 0 Å². The minimum absolute atomic E-state index is 0.0961. The first-order valence-electron chi connectivity index (χ1n) is 6.94. The fourth-order valence-electron chi connectivity index (χ4n) is 1.95. The van der Waals surface area contributed by atoms with Crippen molar-refractivity contribution in [3.63, 3.8) is 0 Å². The molecule has 0 aliphatic rings. The van der Waals surface area contributed by atoms with Crippen LogP contribution in [0.25, 0.3) is 0 Å². The fraction of sp³-hybridized carbons (Fsp3) is 0.0625. The van der Waals surface area contributed by atoms with E-state index in [2.05, 4.69) is 10.3 Å². The predicted molar refractivity (Wildman–Crippen MR) is 87.5 cm³/mol. The van der Waals surface area contributed by atoms with Crippen molar-refractivity contribution in [2.24, 2.45) is 0 Å². The Morgan fingerprint density at radius 3 is 2.88 bits per heavy atom. The zero-order valence-electron chi connectivity index (χ0n) is 12.3. The topological polar surface area (TPSA) is 73.2 Å². The number of nitrogens with zero attached hydrogens (tertiary/aromatic N) is 2. The Balaban J connectivity index is 1.77. The number of hydrogen-bond donors (Lipinski definition) is 1. The maximum atomic E-state index is 13.6.